The molecule has 0 radical (unpaired) electrons. The number of carbonyl (C=O) groups excluding carboxylic acids is 1. The van der Waals surface area contributed by atoms with Gasteiger partial charge in [0, 0.05) is 10.6 Å². The van der Waals surface area contributed by atoms with E-state index < -0.39 is 23.7 Å². The molecule has 18 heavy (non-hydrogen) atoms. The number of carboxylic acid groups (broad SMARTS) is 1. The van der Waals surface area contributed by atoms with Crippen LogP contribution in [0.1, 0.15) is 18.9 Å². The standard InChI is InChI=1S/C12H13ClFNO3/c1-2-10(12(17)18)15-11(16)6-7-8(13)4-3-5-9(7)14/h3-5,10H,2,6H2,1H3,(H,15,16)(H,17,18). The summed E-state index contributed by atoms with van der Waals surface area (Å²) in [5.41, 5.74) is 0.0666. The molecular formula is C12H13ClFNO3. The lowest BCUT2D eigenvalue weighted by atomic mass is 10.1. The Morgan fingerprint density at radius 1 is 1.50 bits per heavy atom. The molecule has 0 aliphatic heterocycles. The quantitative estimate of drug-likeness (QED) is 0.862. The van der Waals surface area contributed by atoms with Gasteiger partial charge in [0.25, 0.3) is 0 Å². The average molecular weight is 274 g/mol. The normalized spacial score (nSPS) is 11.9. The van der Waals surface area contributed by atoms with Gasteiger partial charge in [0.15, 0.2) is 0 Å². The Bertz CT molecular complexity index is 444. The number of halogens is 2. The van der Waals surface area contributed by atoms with Crippen LogP contribution in [0.3, 0.4) is 0 Å². The van der Waals surface area contributed by atoms with Gasteiger partial charge in [-0.3, -0.25) is 4.79 Å². The molecule has 0 spiro atoms. The molecule has 0 heterocycles. The predicted octanol–water partition coefficient (Wildman–Crippen LogP) is 2.00. The largest absolute Gasteiger partial charge is 0.480 e. The molecule has 1 unspecified atom stereocenters. The van der Waals surface area contributed by atoms with Crippen molar-refractivity contribution in [1.82, 2.24) is 5.32 Å². The average Bonchev–Trinajstić information content (AvgIpc) is 2.30. The van der Waals surface area contributed by atoms with E-state index in [1.807, 2.05) is 0 Å². The van der Waals surface area contributed by atoms with Crippen LogP contribution in [0.2, 0.25) is 5.02 Å². The highest BCUT2D eigenvalue weighted by Gasteiger charge is 2.19. The lowest BCUT2D eigenvalue weighted by molar-refractivity contribution is -0.141. The van der Waals surface area contributed by atoms with E-state index in [1.165, 1.54) is 18.2 Å². The topological polar surface area (TPSA) is 66.4 Å². The summed E-state index contributed by atoms with van der Waals surface area (Å²) in [6.45, 7) is 1.63. The summed E-state index contributed by atoms with van der Waals surface area (Å²) in [6, 6.07) is 3.14. The molecule has 1 aromatic carbocycles. The number of amides is 1. The van der Waals surface area contributed by atoms with E-state index in [9.17, 15) is 14.0 Å². The minimum Gasteiger partial charge on any atom is -0.480 e. The van der Waals surface area contributed by atoms with Crippen LogP contribution < -0.4 is 5.32 Å². The van der Waals surface area contributed by atoms with Crippen LogP contribution in [0.15, 0.2) is 18.2 Å². The van der Waals surface area contributed by atoms with E-state index in [-0.39, 0.29) is 23.4 Å². The Labute approximate surface area is 109 Å². The lowest BCUT2D eigenvalue weighted by Crippen LogP contribution is -2.41. The fraction of sp³-hybridized carbons (Fsp3) is 0.333. The maximum atomic E-state index is 13.4. The highest BCUT2D eigenvalue weighted by Crippen LogP contribution is 2.19. The Hall–Kier alpha value is -1.62. The first-order valence-electron chi connectivity index (χ1n) is 5.40. The molecule has 0 fully saturated rings. The Kier molecular flexibility index (Phi) is 5.09. The van der Waals surface area contributed by atoms with Crippen LogP contribution in [0.25, 0.3) is 0 Å². The van der Waals surface area contributed by atoms with E-state index in [1.54, 1.807) is 6.92 Å². The van der Waals surface area contributed by atoms with Gasteiger partial charge in [0.1, 0.15) is 11.9 Å². The van der Waals surface area contributed by atoms with Gasteiger partial charge < -0.3 is 10.4 Å². The highest BCUT2D eigenvalue weighted by molar-refractivity contribution is 6.31. The van der Waals surface area contributed by atoms with Gasteiger partial charge in [0.05, 0.1) is 6.42 Å². The SMILES string of the molecule is CCC(NC(=O)Cc1c(F)cccc1Cl)C(=O)O. The smallest absolute Gasteiger partial charge is 0.326 e. The number of hydrogen-bond donors (Lipinski definition) is 2. The van der Waals surface area contributed by atoms with Crippen LogP contribution in [-0.2, 0) is 16.0 Å². The van der Waals surface area contributed by atoms with Crippen LogP contribution in [0.5, 0.6) is 0 Å². The summed E-state index contributed by atoms with van der Waals surface area (Å²) in [6.07, 6.45) is -0.0264. The maximum Gasteiger partial charge on any atom is 0.326 e. The number of benzene rings is 1. The van der Waals surface area contributed by atoms with E-state index >= 15 is 0 Å². The van der Waals surface area contributed by atoms with Crippen molar-refractivity contribution in [3.8, 4) is 0 Å². The van der Waals surface area contributed by atoms with E-state index in [0.29, 0.717) is 0 Å². The van der Waals surface area contributed by atoms with Crippen molar-refractivity contribution in [3.63, 3.8) is 0 Å². The van der Waals surface area contributed by atoms with Crippen molar-refractivity contribution < 1.29 is 19.1 Å². The minimum atomic E-state index is -1.12. The molecule has 0 aliphatic rings. The van der Waals surface area contributed by atoms with Crippen LogP contribution >= 0.6 is 11.6 Å². The zero-order valence-electron chi connectivity index (χ0n) is 9.74. The maximum absolute atomic E-state index is 13.4. The van der Waals surface area contributed by atoms with Gasteiger partial charge in [-0.05, 0) is 18.6 Å². The van der Waals surface area contributed by atoms with Crippen molar-refractivity contribution in [2.45, 2.75) is 25.8 Å². The molecule has 6 heteroatoms. The number of hydrogen-bond acceptors (Lipinski definition) is 2. The summed E-state index contributed by atoms with van der Waals surface area (Å²) in [7, 11) is 0. The summed E-state index contributed by atoms with van der Waals surface area (Å²) in [4.78, 5) is 22.3. The predicted molar refractivity (Wildman–Crippen MR) is 65.0 cm³/mol. The number of rotatable bonds is 5. The minimum absolute atomic E-state index is 0.0666. The van der Waals surface area contributed by atoms with Crippen molar-refractivity contribution in [2.24, 2.45) is 0 Å². The van der Waals surface area contributed by atoms with Gasteiger partial charge in [-0.1, -0.05) is 24.6 Å². The summed E-state index contributed by atoms with van der Waals surface area (Å²) >= 11 is 5.77. The molecule has 98 valence electrons. The molecule has 4 nitrogen and oxygen atoms in total. The molecule has 0 aliphatic carbocycles. The summed E-state index contributed by atoms with van der Waals surface area (Å²) < 4.78 is 13.4. The number of carbonyl (C=O) groups is 2. The van der Waals surface area contributed by atoms with Crippen LogP contribution in [0, 0.1) is 5.82 Å². The third-order valence-electron chi connectivity index (χ3n) is 2.44. The monoisotopic (exact) mass is 273 g/mol. The van der Waals surface area contributed by atoms with Crippen LogP contribution in [-0.4, -0.2) is 23.0 Å². The second-order valence-electron chi connectivity index (χ2n) is 3.74. The van der Waals surface area contributed by atoms with Crippen molar-refractivity contribution >= 4 is 23.5 Å². The van der Waals surface area contributed by atoms with Crippen LogP contribution in [0.4, 0.5) is 4.39 Å². The Morgan fingerprint density at radius 2 is 2.17 bits per heavy atom. The third-order valence-corrected chi connectivity index (χ3v) is 2.79. The molecule has 0 aromatic heterocycles. The Morgan fingerprint density at radius 3 is 2.67 bits per heavy atom. The summed E-state index contributed by atoms with van der Waals surface area (Å²) in [5.74, 6) is -2.28. The van der Waals surface area contributed by atoms with Gasteiger partial charge in [-0.2, -0.15) is 0 Å². The van der Waals surface area contributed by atoms with Crippen molar-refractivity contribution in [1.29, 1.82) is 0 Å². The van der Waals surface area contributed by atoms with E-state index in [0.717, 1.165) is 0 Å². The molecule has 1 amide bonds. The molecular weight excluding hydrogens is 261 g/mol. The summed E-state index contributed by atoms with van der Waals surface area (Å²) in [5, 5.41) is 11.2. The van der Waals surface area contributed by atoms with Gasteiger partial charge in [-0.25, -0.2) is 9.18 Å². The zero-order valence-corrected chi connectivity index (χ0v) is 10.5. The first kappa shape index (κ1) is 14.4. The van der Waals surface area contributed by atoms with Gasteiger partial charge >= 0.3 is 5.97 Å². The Balaban J connectivity index is 2.73. The van der Waals surface area contributed by atoms with E-state index in [4.69, 9.17) is 16.7 Å². The van der Waals surface area contributed by atoms with Gasteiger partial charge in [0.2, 0.25) is 5.91 Å². The van der Waals surface area contributed by atoms with Gasteiger partial charge in [-0.15, -0.1) is 0 Å². The second kappa shape index (κ2) is 6.35. The first-order valence-corrected chi connectivity index (χ1v) is 5.78. The second-order valence-corrected chi connectivity index (χ2v) is 4.15. The number of carboxylic acids is 1. The molecule has 1 atom stereocenters. The fourth-order valence-electron chi connectivity index (χ4n) is 1.45. The fourth-order valence-corrected chi connectivity index (χ4v) is 1.68. The lowest BCUT2D eigenvalue weighted by Gasteiger charge is -2.12. The molecule has 1 rings (SSSR count). The third kappa shape index (κ3) is 3.70. The molecule has 1 aromatic rings. The van der Waals surface area contributed by atoms with Crippen molar-refractivity contribution in [2.75, 3.05) is 0 Å². The van der Waals surface area contributed by atoms with Crippen molar-refractivity contribution in [3.05, 3.63) is 34.6 Å². The highest BCUT2D eigenvalue weighted by atomic mass is 35.5. The molecule has 0 bridgehead atoms. The first-order chi connectivity index (χ1) is 8.45. The van der Waals surface area contributed by atoms with E-state index in [2.05, 4.69) is 5.32 Å². The number of nitrogens with one attached hydrogen (secondary N) is 1. The molecule has 0 saturated heterocycles. The molecule has 0 saturated carbocycles. The molecule has 2 N–H and O–H groups in total. The number of aliphatic carboxylic acids is 1. The zero-order chi connectivity index (χ0) is 13.7.